The summed E-state index contributed by atoms with van der Waals surface area (Å²) in [4.78, 5) is 47.4. The molecule has 0 unspecified atom stereocenters. The third kappa shape index (κ3) is 5.98. The molecule has 1 N–H and O–H groups in total. The third-order valence-electron chi connectivity index (χ3n) is 6.54. The first-order chi connectivity index (χ1) is 17.8. The standard InChI is InChI=1S/C25H28F3N5O5/c1-24(2)21(34)33(23(36)32(24)15-16-6-10-29-11-7-16)17-4-5-20(38-25(26,27)28)19(14-17)30-22(35)37-18-8-12-31(3)13-9-18/h4-7,10-11,14,18H,8-9,12-13,15H2,1-3H3,(H,30,35). The van der Waals surface area contributed by atoms with Crippen molar-refractivity contribution < 1.29 is 37.0 Å². The molecule has 0 bridgehead atoms. The summed E-state index contributed by atoms with van der Waals surface area (Å²) in [7, 11) is 1.93. The molecule has 0 radical (unpaired) electrons. The average molecular weight is 536 g/mol. The van der Waals surface area contributed by atoms with Crippen LogP contribution < -0.4 is 15.0 Å². The van der Waals surface area contributed by atoms with E-state index in [1.54, 1.807) is 38.4 Å². The molecular weight excluding hydrogens is 507 g/mol. The summed E-state index contributed by atoms with van der Waals surface area (Å²) in [5, 5.41) is 2.29. The molecule has 4 rings (SSSR count). The van der Waals surface area contributed by atoms with Crippen LogP contribution in [0.2, 0.25) is 0 Å². The van der Waals surface area contributed by atoms with E-state index in [1.807, 2.05) is 7.05 Å². The molecule has 0 aliphatic carbocycles. The first kappa shape index (κ1) is 27.2. The number of nitrogens with one attached hydrogen (secondary N) is 1. The van der Waals surface area contributed by atoms with E-state index in [1.165, 1.54) is 4.90 Å². The van der Waals surface area contributed by atoms with Crippen LogP contribution in [0.15, 0.2) is 42.7 Å². The Labute approximate surface area is 217 Å². The van der Waals surface area contributed by atoms with Gasteiger partial charge in [0, 0.05) is 32.0 Å². The highest BCUT2D eigenvalue weighted by Gasteiger charge is 2.52. The summed E-state index contributed by atoms with van der Waals surface area (Å²) in [6.07, 6.45) is -2.13. The molecule has 0 spiro atoms. The minimum atomic E-state index is -5.04. The largest absolute Gasteiger partial charge is 0.573 e. The molecular formula is C25H28F3N5O5. The van der Waals surface area contributed by atoms with E-state index in [-0.39, 0.29) is 12.2 Å². The zero-order valence-electron chi connectivity index (χ0n) is 21.1. The maximum absolute atomic E-state index is 13.4. The molecule has 3 heterocycles. The van der Waals surface area contributed by atoms with Crippen molar-refractivity contribution in [2.24, 2.45) is 0 Å². The Morgan fingerprint density at radius 2 is 1.79 bits per heavy atom. The number of rotatable bonds is 6. The van der Waals surface area contributed by atoms with E-state index in [9.17, 15) is 27.6 Å². The molecule has 4 amide bonds. The van der Waals surface area contributed by atoms with Gasteiger partial charge in [-0.15, -0.1) is 13.2 Å². The summed E-state index contributed by atoms with van der Waals surface area (Å²) in [6, 6.07) is 5.92. The number of pyridine rings is 1. The van der Waals surface area contributed by atoms with Crippen molar-refractivity contribution in [2.45, 2.75) is 51.2 Å². The highest BCUT2D eigenvalue weighted by atomic mass is 19.4. The molecule has 13 heteroatoms. The van der Waals surface area contributed by atoms with Gasteiger partial charge >= 0.3 is 18.5 Å². The summed E-state index contributed by atoms with van der Waals surface area (Å²) in [6.45, 7) is 4.68. The fourth-order valence-corrected chi connectivity index (χ4v) is 4.36. The van der Waals surface area contributed by atoms with Crippen LogP contribution in [0, 0.1) is 0 Å². The maximum atomic E-state index is 13.4. The third-order valence-corrected chi connectivity index (χ3v) is 6.54. The Morgan fingerprint density at radius 1 is 1.13 bits per heavy atom. The van der Waals surface area contributed by atoms with Crippen molar-refractivity contribution in [2.75, 3.05) is 30.4 Å². The quantitative estimate of drug-likeness (QED) is 0.548. The lowest BCUT2D eigenvalue weighted by Gasteiger charge is -2.28. The number of nitrogens with zero attached hydrogens (tertiary/aromatic N) is 4. The zero-order valence-corrected chi connectivity index (χ0v) is 21.1. The van der Waals surface area contributed by atoms with E-state index >= 15 is 0 Å². The number of urea groups is 1. The predicted molar refractivity (Wildman–Crippen MR) is 130 cm³/mol. The van der Waals surface area contributed by atoms with Crippen LogP contribution in [-0.2, 0) is 16.1 Å². The van der Waals surface area contributed by atoms with Crippen molar-refractivity contribution in [1.29, 1.82) is 0 Å². The van der Waals surface area contributed by atoms with Crippen LogP contribution in [0.25, 0.3) is 0 Å². The molecule has 2 saturated heterocycles. The molecule has 1 aromatic heterocycles. The summed E-state index contributed by atoms with van der Waals surface area (Å²) < 4.78 is 48.6. The first-order valence-corrected chi connectivity index (χ1v) is 12.0. The lowest BCUT2D eigenvalue weighted by Crippen LogP contribution is -2.43. The van der Waals surface area contributed by atoms with E-state index < -0.39 is 47.5 Å². The number of hydrogen-bond donors (Lipinski definition) is 1. The SMILES string of the molecule is CN1CCC(OC(=O)Nc2cc(N3C(=O)N(Cc4ccncc4)C(C)(C)C3=O)ccc2OC(F)(F)F)CC1. The normalized spacial score (nSPS) is 18.6. The molecule has 0 saturated carbocycles. The van der Waals surface area contributed by atoms with Crippen molar-refractivity contribution in [3.63, 3.8) is 0 Å². The topological polar surface area (TPSA) is 104 Å². The number of carbonyl (C=O) groups excluding carboxylic acids is 3. The Bertz CT molecular complexity index is 1200. The van der Waals surface area contributed by atoms with E-state index in [0.29, 0.717) is 25.9 Å². The number of amides is 4. The number of hydrogen-bond acceptors (Lipinski definition) is 7. The molecule has 0 atom stereocenters. The number of carbonyl (C=O) groups is 3. The van der Waals surface area contributed by atoms with Gasteiger partial charge in [0.15, 0.2) is 5.75 Å². The fourth-order valence-electron chi connectivity index (χ4n) is 4.36. The highest BCUT2D eigenvalue weighted by molar-refractivity contribution is 6.23. The number of aromatic nitrogens is 1. The second-order valence-corrected chi connectivity index (χ2v) is 9.68. The first-order valence-electron chi connectivity index (χ1n) is 12.0. The van der Waals surface area contributed by atoms with E-state index in [4.69, 9.17) is 4.74 Å². The smallest absolute Gasteiger partial charge is 0.446 e. The average Bonchev–Trinajstić information content (AvgIpc) is 3.01. The van der Waals surface area contributed by atoms with Gasteiger partial charge in [-0.2, -0.15) is 0 Å². The molecule has 38 heavy (non-hydrogen) atoms. The van der Waals surface area contributed by atoms with Gasteiger partial charge in [0.25, 0.3) is 5.91 Å². The van der Waals surface area contributed by atoms with Crippen LogP contribution >= 0.6 is 0 Å². The number of piperidine rings is 1. The molecule has 1 aromatic carbocycles. The molecule has 2 aliphatic heterocycles. The Balaban J connectivity index is 1.60. The number of ether oxygens (including phenoxy) is 2. The van der Waals surface area contributed by atoms with Gasteiger partial charge in [0.05, 0.1) is 11.4 Å². The number of benzene rings is 1. The summed E-state index contributed by atoms with van der Waals surface area (Å²) in [5.41, 5.74) is -0.940. The van der Waals surface area contributed by atoms with Crippen LogP contribution in [0.5, 0.6) is 5.75 Å². The summed E-state index contributed by atoms with van der Waals surface area (Å²) in [5.74, 6) is -1.30. The number of halogens is 3. The van der Waals surface area contributed by atoms with Crippen LogP contribution in [0.3, 0.4) is 0 Å². The van der Waals surface area contributed by atoms with E-state index in [0.717, 1.165) is 28.7 Å². The predicted octanol–water partition coefficient (Wildman–Crippen LogP) is 4.37. The second-order valence-electron chi connectivity index (χ2n) is 9.68. The maximum Gasteiger partial charge on any atom is 0.573 e. The van der Waals surface area contributed by atoms with Gasteiger partial charge in [-0.3, -0.25) is 15.1 Å². The van der Waals surface area contributed by atoms with Gasteiger partial charge in [0.1, 0.15) is 11.6 Å². The minimum Gasteiger partial charge on any atom is -0.446 e. The van der Waals surface area contributed by atoms with Gasteiger partial charge < -0.3 is 19.3 Å². The zero-order chi connectivity index (χ0) is 27.7. The molecule has 2 aliphatic rings. The Hall–Kier alpha value is -3.87. The van der Waals surface area contributed by atoms with Gasteiger partial charge in [-0.05, 0) is 69.6 Å². The molecule has 10 nitrogen and oxygen atoms in total. The monoisotopic (exact) mass is 535 g/mol. The second kappa shape index (κ2) is 10.5. The highest BCUT2D eigenvalue weighted by Crippen LogP contribution is 2.38. The number of likely N-dealkylation sites (tertiary alicyclic amines) is 1. The fraction of sp³-hybridized carbons (Fsp3) is 0.440. The number of alkyl halides is 3. The number of imide groups is 1. The van der Waals surface area contributed by atoms with Crippen LogP contribution in [0.1, 0.15) is 32.3 Å². The Kier molecular flexibility index (Phi) is 7.49. The van der Waals surface area contributed by atoms with Gasteiger partial charge in [-0.1, -0.05) is 0 Å². The van der Waals surface area contributed by atoms with Crippen LogP contribution in [0.4, 0.5) is 34.1 Å². The summed E-state index contributed by atoms with van der Waals surface area (Å²) >= 11 is 0. The minimum absolute atomic E-state index is 0.0329. The van der Waals surface area contributed by atoms with E-state index in [2.05, 4.69) is 19.9 Å². The van der Waals surface area contributed by atoms with Crippen molar-refractivity contribution in [3.05, 3.63) is 48.3 Å². The number of anilines is 2. The molecule has 2 aromatic rings. The molecule has 204 valence electrons. The molecule has 2 fully saturated rings. The van der Waals surface area contributed by atoms with Crippen molar-refractivity contribution in [3.8, 4) is 5.75 Å². The lowest BCUT2D eigenvalue weighted by atomic mass is 10.0. The van der Waals surface area contributed by atoms with Crippen LogP contribution in [-0.4, -0.2) is 71.0 Å². The Morgan fingerprint density at radius 3 is 2.42 bits per heavy atom. The van der Waals surface area contributed by atoms with Gasteiger partial charge in [0.2, 0.25) is 0 Å². The van der Waals surface area contributed by atoms with Gasteiger partial charge in [-0.25, -0.2) is 14.5 Å². The van der Waals surface area contributed by atoms with Crippen molar-refractivity contribution >= 4 is 29.4 Å². The van der Waals surface area contributed by atoms with Crippen molar-refractivity contribution in [1.82, 2.24) is 14.8 Å². The lowest BCUT2D eigenvalue weighted by molar-refractivity contribution is -0.274.